The fourth-order valence-corrected chi connectivity index (χ4v) is 4.00. The van der Waals surface area contributed by atoms with Crippen LogP contribution in [-0.4, -0.2) is 56.2 Å². The first-order chi connectivity index (χ1) is 12.4. The van der Waals surface area contributed by atoms with E-state index in [1.165, 1.54) is 0 Å². The van der Waals surface area contributed by atoms with Crippen molar-refractivity contribution < 1.29 is 8.42 Å². The molecular weight excluding hydrogens is 350 g/mol. The summed E-state index contributed by atoms with van der Waals surface area (Å²) in [5.41, 5.74) is 1.98. The van der Waals surface area contributed by atoms with Gasteiger partial charge in [0.15, 0.2) is 11.6 Å². The van der Waals surface area contributed by atoms with Gasteiger partial charge in [-0.05, 0) is 55.8 Å². The molecule has 0 aliphatic carbocycles. The van der Waals surface area contributed by atoms with Crippen LogP contribution >= 0.6 is 0 Å². The zero-order chi connectivity index (χ0) is 18.7. The normalized spacial score (nSPS) is 15.9. The van der Waals surface area contributed by atoms with Gasteiger partial charge in [0.2, 0.25) is 0 Å². The Morgan fingerprint density at radius 2 is 1.73 bits per heavy atom. The van der Waals surface area contributed by atoms with E-state index in [9.17, 15) is 8.42 Å². The van der Waals surface area contributed by atoms with Crippen LogP contribution in [0.15, 0.2) is 35.2 Å². The maximum Gasteiger partial charge on any atom is 0.263 e. The summed E-state index contributed by atoms with van der Waals surface area (Å²) in [6.45, 7) is 10.8. The zero-order valence-corrected chi connectivity index (χ0v) is 16.3. The smallest absolute Gasteiger partial charge is 0.263 e. The number of nitrogens with one attached hydrogen (secondary N) is 1. The average molecular weight is 375 g/mol. The summed E-state index contributed by atoms with van der Waals surface area (Å²) in [7, 11) is -3.67. The molecule has 1 aromatic heterocycles. The average Bonchev–Trinajstić information content (AvgIpc) is 2.64. The summed E-state index contributed by atoms with van der Waals surface area (Å²) in [6.07, 6.45) is 0. The lowest BCUT2D eigenvalue weighted by molar-refractivity contribution is 0.270. The fourth-order valence-electron chi connectivity index (χ4n) is 2.92. The van der Waals surface area contributed by atoms with Gasteiger partial charge in [-0.2, -0.15) is 0 Å². The fraction of sp³-hybridized carbons (Fsp3) is 0.444. The molecule has 1 fully saturated rings. The lowest BCUT2D eigenvalue weighted by atomic mass is 10.1. The first-order valence-corrected chi connectivity index (χ1v) is 10.3. The number of hydrogen-bond donors (Lipinski definition) is 1. The molecular formula is C18H25N5O2S. The number of sulfonamides is 1. The first kappa shape index (κ1) is 18.6. The number of rotatable bonds is 5. The van der Waals surface area contributed by atoms with Crippen LogP contribution in [0.1, 0.15) is 18.1 Å². The molecule has 7 nitrogen and oxygen atoms in total. The number of anilines is 2. The summed E-state index contributed by atoms with van der Waals surface area (Å²) in [4.78, 5) is 4.78. The quantitative estimate of drug-likeness (QED) is 0.862. The number of hydrogen-bond acceptors (Lipinski definition) is 6. The van der Waals surface area contributed by atoms with Crippen LogP contribution in [0.3, 0.4) is 0 Å². The molecule has 0 bridgehead atoms. The van der Waals surface area contributed by atoms with E-state index in [0.717, 1.165) is 49.7 Å². The standard InChI is InChI=1S/C18H25N5O2S/c1-4-22-9-11-23(12-10-22)18-8-7-17(19-20-18)21-26(24,25)16-6-5-14(2)15(3)13-16/h5-8,13H,4,9-12H2,1-3H3,(H,19,21). The summed E-state index contributed by atoms with van der Waals surface area (Å²) >= 11 is 0. The zero-order valence-electron chi connectivity index (χ0n) is 15.4. The van der Waals surface area contributed by atoms with Crippen molar-refractivity contribution in [3.8, 4) is 0 Å². The third-order valence-electron chi connectivity index (χ3n) is 4.82. The molecule has 0 atom stereocenters. The van der Waals surface area contributed by atoms with Gasteiger partial charge in [-0.15, -0.1) is 10.2 Å². The second-order valence-electron chi connectivity index (χ2n) is 6.55. The largest absolute Gasteiger partial charge is 0.353 e. The molecule has 1 aromatic carbocycles. The Kier molecular flexibility index (Phi) is 5.43. The van der Waals surface area contributed by atoms with Gasteiger partial charge < -0.3 is 9.80 Å². The molecule has 0 radical (unpaired) electrons. The summed E-state index contributed by atoms with van der Waals surface area (Å²) in [5.74, 6) is 0.994. The van der Waals surface area contributed by atoms with Crippen molar-refractivity contribution >= 4 is 21.7 Å². The van der Waals surface area contributed by atoms with Gasteiger partial charge >= 0.3 is 0 Å². The topological polar surface area (TPSA) is 78.4 Å². The van der Waals surface area contributed by atoms with Crippen LogP contribution in [0, 0.1) is 13.8 Å². The highest BCUT2D eigenvalue weighted by Crippen LogP contribution is 2.19. The predicted molar refractivity (Wildman–Crippen MR) is 103 cm³/mol. The van der Waals surface area contributed by atoms with Crippen molar-refractivity contribution in [3.63, 3.8) is 0 Å². The number of aryl methyl sites for hydroxylation is 2. The van der Waals surface area contributed by atoms with Crippen LogP contribution < -0.4 is 9.62 Å². The van der Waals surface area contributed by atoms with E-state index in [1.54, 1.807) is 24.3 Å². The van der Waals surface area contributed by atoms with Gasteiger partial charge in [-0.1, -0.05) is 13.0 Å². The van der Waals surface area contributed by atoms with Crippen LogP contribution in [0.2, 0.25) is 0 Å². The van der Waals surface area contributed by atoms with Crippen LogP contribution in [0.25, 0.3) is 0 Å². The molecule has 1 saturated heterocycles. The molecule has 2 aromatic rings. The third-order valence-corrected chi connectivity index (χ3v) is 6.17. The Balaban J connectivity index is 1.70. The van der Waals surface area contributed by atoms with Gasteiger partial charge in [-0.3, -0.25) is 4.72 Å². The molecule has 140 valence electrons. The van der Waals surface area contributed by atoms with Gasteiger partial charge in [0.25, 0.3) is 10.0 Å². The highest BCUT2D eigenvalue weighted by Gasteiger charge is 2.19. The Morgan fingerprint density at radius 3 is 2.31 bits per heavy atom. The molecule has 0 unspecified atom stereocenters. The van der Waals surface area contributed by atoms with Gasteiger partial charge in [0.05, 0.1) is 4.90 Å². The Labute approximate surface area is 155 Å². The Bertz CT molecular complexity index is 860. The van der Waals surface area contributed by atoms with E-state index in [0.29, 0.717) is 0 Å². The maximum atomic E-state index is 12.5. The number of nitrogens with zero attached hydrogens (tertiary/aromatic N) is 4. The summed E-state index contributed by atoms with van der Waals surface area (Å²) < 4.78 is 27.6. The third kappa shape index (κ3) is 4.13. The van der Waals surface area contributed by atoms with Crippen molar-refractivity contribution in [1.29, 1.82) is 0 Å². The second-order valence-corrected chi connectivity index (χ2v) is 8.23. The van der Waals surface area contributed by atoms with Crippen LogP contribution in [0.4, 0.5) is 11.6 Å². The molecule has 3 rings (SSSR count). The second kappa shape index (κ2) is 7.59. The van der Waals surface area contributed by atoms with E-state index in [-0.39, 0.29) is 10.7 Å². The molecule has 0 saturated carbocycles. The van der Waals surface area contributed by atoms with E-state index >= 15 is 0 Å². The SMILES string of the molecule is CCN1CCN(c2ccc(NS(=O)(=O)c3ccc(C)c(C)c3)nn2)CC1. The van der Waals surface area contributed by atoms with E-state index in [2.05, 4.69) is 31.6 Å². The minimum absolute atomic E-state index is 0.221. The number of likely N-dealkylation sites (N-methyl/N-ethyl adjacent to an activating group) is 1. The molecule has 0 spiro atoms. The van der Waals surface area contributed by atoms with Gasteiger partial charge in [0, 0.05) is 26.2 Å². The summed E-state index contributed by atoms with van der Waals surface area (Å²) in [6, 6.07) is 8.53. The van der Waals surface area contributed by atoms with Crippen molar-refractivity contribution in [1.82, 2.24) is 15.1 Å². The van der Waals surface area contributed by atoms with E-state index < -0.39 is 10.0 Å². The van der Waals surface area contributed by atoms with Crippen molar-refractivity contribution in [2.45, 2.75) is 25.7 Å². The highest BCUT2D eigenvalue weighted by molar-refractivity contribution is 7.92. The molecule has 2 heterocycles. The monoisotopic (exact) mass is 375 g/mol. The number of piperazine rings is 1. The number of aromatic nitrogens is 2. The van der Waals surface area contributed by atoms with Gasteiger partial charge in [-0.25, -0.2) is 8.42 Å². The summed E-state index contributed by atoms with van der Waals surface area (Å²) in [5, 5.41) is 8.24. The molecule has 1 N–H and O–H groups in total. The van der Waals surface area contributed by atoms with Crippen LogP contribution in [0.5, 0.6) is 0 Å². The molecule has 0 amide bonds. The minimum Gasteiger partial charge on any atom is -0.353 e. The molecule has 26 heavy (non-hydrogen) atoms. The highest BCUT2D eigenvalue weighted by atomic mass is 32.2. The number of benzene rings is 1. The Hall–Kier alpha value is -2.19. The molecule has 1 aliphatic rings. The molecule has 8 heteroatoms. The Morgan fingerprint density at radius 1 is 1.00 bits per heavy atom. The lowest BCUT2D eigenvalue weighted by Crippen LogP contribution is -2.46. The van der Waals surface area contributed by atoms with Crippen molar-refractivity contribution in [2.24, 2.45) is 0 Å². The first-order valence-electron chi connectivity index (χ1n) is 8.80. The van der Waals surface area contributed by atoms with E-state index in [1.807, 2.05) is 19.9 Å². The van der Waals surface area contributed by atoms with E-state index in [4.69, 9.17) is 0 Å². The molecule has 1 aliphatic heterocycles. The van der Waals surface area contributed by atoms with Gasteiger partial charge in [0.1, 0.15) is 0 Å². The predicted octanol–water partition coefficient (Wildman–Crippen LogP) is 2.04. The van der Waals surface area contributed by atoms with Crippen molar-refractivity contribution in [3.05, 3.63) is 41.5 Å². The van der Waals surface area contributed by atoms with Crippen LogP contribution in [-0.2, 0) is 10.0 Å². The van der Waals surface area contributed by atoms with Crippen molar-refractivity contribution in [2.75, 3.05) is 42.3 Å². The lowest BCUT2D eigenvalue weighted by Gasteiger charge is -2.34. The maximum absolute atomic E-state index is 12.5. The minimum atomic E-state index is -3.67.